The van der Waals surface area contributed by atoms with E-state index in [4.69, 9.17) is 4.74 Å². The minimum absolute atomic E-state index is 0.0428. The van der Waals surface area contributed by atoms with Gasteiger partial charge in [0, 0.05) is 23.4 Å². The van der Waals surface area contributed by atoms with Gasteiger partial charge in [0.2, 0.25) is 0 Å². The minimum Gasteiger partial charge on any atom is -0.486 e. The highest BCUT2D eigenvalue weighted by molar-refractivity contribution is 5.61. The number of halogens is 2. The molecule has 0 spiro atoms. The van der Waals surface area contributed by atoms with Gasteiger partial charge in [-0.05, 0) is 47.2 Å². The molecule has 1 N–H and O–H groups in total. The van der Waals surface area contributed by atoms with Crippen molar-refractivity contribution >= 4 is 0 Å². The molecule has 0 atom stereocenters. The summed E-state index contributed by atoms with van der Waals surface area (Å²) in [5, 5.41) is 9.41. The molecule has 2 heterocycles. The maximum atomic E-state index is 14.6. The molecule has 0 saturated carbocycles. The van der Waals surface area contributed by atoms with Crippen molar-refractivity contribution < 1.29 is 13.5 Å². The average Bonchev–Trinajstić information content (AvgIpc) is 3.15. The van der Waals surface area contributed by atoms with Gasteiger partial charge >= 0.3 is 5.69 Å². The molecule has 29 heavy (non-hydrogen) atoms. The molecule has 0 amide bonds. The normalized spacial score (nSPS) is 10.9. The summed E-state index contributed by atoms with van der Waals surface area (Å²) in [4.78, 5) is 15.9. The highest BCUT2D eigenvalue weighted by Gasteiger charge is 2.16. The van der Waals surface area contributed by atoms with Crippen molar-refractivity contribution in [3.63, 3.8) is 0 Å². The number of benzene rings is 2. The summed E-state index contributed by atoms with van der Waals surface area (Å²) in [5.74, 6) is -1.62. The lowest BCUT2D eigenvalue weighted by atomic mass is 10.1. The van der Waals surface area contributed by atoms with Crippen LogP contribution in [0.4, 0.5) is 8.78 Å². The highest BCUT2D eigenvalue weighted by atomic mass is 19.1. The second-order valence-corrected chi connectivity index (χ2v) is 6.26. The SMILES string of the molecule is Cc1cccc(-n2nn[nH]c2=O)c1COc1cc(F)c(-c2ccccn2)cc1F. The van der Waals surface area contributed by atoms with Crippen molar-refractivity contribution in [2.24, 2.45) is 0 Å². The van der Waals surface area contributed by atoms with Gasteiger partial charge in [-0.15, -0.1) is 0 Å². The Morgan fingerprint density at radius 3 is 2.69 bits per heavy atom. The van der Waals surface area contributed by atoms with Crippen LogP contribution in [0.1, 0.15) is 11.1 Å². The Morgan fingerprint density at radius 1 is 1.10 bits per heavy atom. The summed E-state index contributed by atoms with van der Waals surface area (Å²) in [6.07, 6.45) is 1.50. The first-order chi connectivity index (χ1) is 14.0. The summed E-state index contributed by atoms with van der Waals surface area (Å²) < 4.78 is 35.7. The Bertz CT molecular complexity index is 1220. The molecule has 0 fully saturated rings. The average molecular weight is 395 g/mol. The lowest BCUT2D eigenvalue weighted by Crippen LogP contribution is -2.18. The standard InChI is InChI=1S/C20H15F2N5O2/c1-12-5-4-7-18(27-20(28)24-25-26-27)14(12)11-29-19-10-15(21)13(9-16(19)22)17-6-2-3-8-23-17/h2-10H,11H2,1H3,(H,24,26,28). The predicted molar refractivity (Wildman–Crippen MR) is 101 cm³/mol. The van der Waals surface area contributed by atoms with Crippen LogP contribution in [0.5, 0.6) is 5.75 Å². The van der Waals surface area contributed by atoms with Crippen molar-refractivity contribution in [2.75, 3.05) is 0 Å². The van der Waals surface area contributed by atoms with Crippen molar-refractivity contribution in [1.82, 2.24) is 25.2 Å². The molecule has 0 aliphatic heterocycles. The molecule has 7 nitrogen and oxygen atoms in total. The van der Waals surface area contributed by atoms with E-state index < -0.39 is 17.3 Å². The van der Waals surface area contributed by atoms with E-state index >= 15 is 0 Å². The van der Waals surface area contributed by atoms with Crippen molar-refractivity contribution in [1.29, 1.82) is 0 Å². The van der Waals surface area contributed by atoms with Gasteiger partial charge in [0.25, 0.3) is 0 Å². The topological polar surface area (TPSA) is 85.7 Å². The number of hydrogen-bond acceptors (Lipinski definition) is 5. The van der Waals surface area contributed by atoms with E-state index in [1.807, 2.05) is 13.0 Å². The Balaban J connectivity index is 1.65. The van der Waals surface area contributed by atoms with E-state index in [9.17, 15) is 13.6 Å². The number of rotatable bonds is 5. The van der Waals surface area contributed by atoms with Gasteiger partial charge < -0.3 is 4.74 Å². The lowest BCUT2D eigenvalue weighted by molar-refractivity contribution is 0.287. The predicted octanol–water partition coefficient (Wildman–Crippen LogP) is 3.18. The van der Waals surface area contributed by atoms with Gasteiger partial charge in [0.15, 0.2) is 11.6 Å². The lowest BCUT2D eigenvalue weighted by Gasteiger charge is -2.14. The fraction of sp³-hybridized carbons (Fsp3) is 0.100. The van der Waals surface area contributed by atoms with Gasteiger partial charge in [-0.3, -0.25) is 4.98 Å². The van der Waals surface area contributed by atoms with E-state index in [2.05, 4.69) is 20.5 Å². The van der Waals surface area contributed by atoms with Crippen LogP contribution in [-0.4, -0.2) is 25.2 Å². The second-order valence-electron chi connectivity index (χ2n) is 6.26. The van der Waals surface area contributed by atoms with Gasteiger partial charge in [-0.25, -0.2) is 18.7 Å². The first-order valence-electron chi connectivity index (χ1n) is 8.67. The molecule has 0 aliphatic rings. The Kier molecular flexibility index (Phi) is 4.86. The number of pyridine rings is 1. The zero-order chi connectivity index (χ0) is 20.4. The Labute approximate surface area is 163 Å². The van der Waals surface area contributed by atoms with E-state index in [1.54, 1.807) is 30.3 Å². The molecule has 9 heteroatoms. The van der Waals surface area contributed by atoms with Gasteiger partial charge in [-0.2, -0.15) is 4.68 Å². The number of ether oxygens (including phenoxy) is 1. The van der Waals surface area contributed by atoms with Gasteiger partial charge in [-0.1, -0.05) is 18.2 Å². The summed E-state index contributed by atoms with van der Waals surface area (Å²) >= 11 is 0. The third-order valence-corrected chi connectivity index (χ3v) is 4.42. The van der Waals surface area contributed by atoms with Crippen molar-refractivity contribution in [2.45, 2.75) is 13.5 Å². The molecule has 2 aromatic heterocycles. The number of tetrazole rings is 1. The largest absolute Gasteiger partial charge is 0.486 e. The highest BCUT2D eigenvalue weighted by Crippen LogP contribution is 2.29. The molecule has 0 saturated heterocycles. The minimum atomic E-state index is -0.721. The van der Waals surface area contributed by atoms with Crippen LogP contribution in [0.3, 0.4) is 0 Å². The number of H-pyrrole nitrogens is 1. The van der Waals surface area contributed by atoms with E-state index in [-0.39, 0.29) is 17.9 Å². The van der Waals surface area contributed by atoms with E-state index in [0.29, 0.717) is 16.9 Å². The number of aryl methyl sites for hydroxylation is 1. The Morgan fingerprint density at radius 2 is 1.97 bits per heavy atom. The monoisotopic (exact) mass is 395 g/mol. The van der Waals surface area contributed by atoms with Gasteiger partial charge in [0.05, 0.1) is 11.4 Å². The summed E-state index contributed by atoms with van der Waals surface area (Å²) in [6.45, 7) is 1.72. The molecule has 146 valence electrons. The quantitative estimate of drug-likeness (QED) is 0.561. The van der Waals surface area contributed by atoms with Crippen LogP contribution in [0.15, 0.2) is 59.5 Å². The van der Waals surface area contributed by atoms with E-state index in [1.165, 1.54) is 6.20 Å². The Hall–Kier alpha value is -3.88. The maximum absolute atomic E-state index is 14.6. The maximum Gasteiger partial charge on any atom is 0.365 e. The molecule has 4 aromatic rings. The zero-order valence-electron chi connectivity index (χ0n) is 15.3. The number of aromatic nitrogens is 5. The fourth-order valence-corrected chi connectivity index (χ4v) is 2.94. The molecule has 0 aliphatic carbocycles. The number of aromatic amines is 1. The van der Waals surface area contributed by atoms with Crippen molar-refractivity contribution in [3.05, 3.63) is 88.0 Å². The number of nitrogens with zero attached hydrogens (tertiary/aromatic N) is 4. The third-order valence-electron chi connectivity index (χ3n) is 4.42. The first kappa shape index (κ1) is 18.5. The van der Waals surface area contributed by atoms with Crippen LogP contribution in [-0.2, 0) is 6.61 Å². The number of nitrogens with one attached hydrogen (secondary N) is 1. The van der Waals surface area contributed by atoms with Crippen LogP contribution >= 0.6 is 0 Å². The second kappa shape index (κ2) is 7.63. The molecule has 2 aromatic carbocycles. The van der Waals surface area contributed by atoms with Crippen LogP contribution in [0, 0.1) is 18.6 Å². The molecule has 4 rings (SSSR count). The van der Waals surface area contributed by atoms with Crippen molar-refractivity contribution in [3.8, 4) is 22.7 Å². The smallest absolute Gasteiger partial charge is 0.365 e. The molecule has 0 unspecified atom stereocenters. The molecule has 0 radical (unpaired) electrons. The van der Waals surface area contributed by atoms with Crippen LogP contribution in [0.2, 0.25) is 0 Å². The fourth-order valence-electron chi connectivity index (χ4n) is 2.94. The zero-order valence-corrected chi connectivity index (χ0v) is 15.3. The van der Waals surface area contributed by atoms with Crippen LogP contribution < -0.4 is 10.4 Å². The van der Waals surface area contributed by atoms with Gasteiger partial charge in [0.1, 0.15) is 12.4 Å². The molecular formula is C20H15F2N5O2. The first-order valence-corrected chi connectivity index (χ1v) is 8.67. The summed E-state index contributed by atoms with van der Waals surface area (Å²) in [5.41, 5.74) is 1.67. The number of hydrogen-bond donors (Lipinski definition) is 1. The summed E-state index contributed by atoms with van der Waals surface area (Å²) in [7, 11) is 0. The van der Waals surface area contributed by atoms with E-state index in [0.717, 1.165) is 22.4 Å². The summed E-state index contributed by atoms with van der Waals surface area (Å²) in [6, 6.07) is 12.2. The molecule has 0 bridgehead atoms. The third kappa shape index (κ3) is 3.62. The van der Waals surface area contributed by atoms with Crippen LogP contribution in [0.25, 0.3) is 16.9 Å². The molecular weight excluding hydrogens is 380 g/mol.